The highest BCUT2D eigenvalue weighted by molar-refractivity contribution is 6.58. The van der Waals surface area contributed by atoms with Crippen molar-refractivity contribution in [3.8, 4) is 22.4 Å². The van der Waals surface area contributed by atoms with Crippen molar-refractivity contribution in [3.63, 3.8) is 0 Å². The Morgan fingerprint density at radius 3 is 1.25 bits per heavy atom. The summed E-state index contributed by atoms with van der Waals surface area (Å²) < 4.78 is 40.5. The van der Waals surface area contributed by atoms with Gasteiger partial charge in [-0.1, -0.05) is 116 Å². The lowest BCUT2D eigenvalue weighted by atomic mass is 9.97. The van der Waals surface area contributed by atoms with E-state index in [4.69, 9.17) is 116 Å². The van der Waals surface area contributed by atoms with E-state index in [0.717, 1.165) is 6.07 Å². The normalized spacial score (nSPS) is 11.9. The SMILES string of the molecule is FC(F)(F)c1cnc(-c2c(Cl)c(Cl)c(Cl)c(Cl)c2Cl)c(-c2c(Cl)c(Cl)c(Cl)c(Cl)c2Cl)c1. The monoisotopic (exact) mass is 639 g/mol. The first kappa shape index (κ1) is 26.9. The molecular formula is C18H2Cl10F3N. The third-order valence-electron chi connectivity index (χ3n) is 4.14. The zero-order valence-electron chi connectivity index (χ0n) is 14.5. The van der Waals surface area contributed by atoms with Crippen LogP contribution in [0, 0.1) is 0 Å². The van der Waals surface area contributed by atoms with E-state index < -0.39 is 11.7 Å². The number of alkyl halides is 3. The van der Waals surface area contributed by atoms with Crippen LogP contribution in [0.5, 0.6) is 0 Å². The molecular weight excluding hydrogens is 642 g/mol. The summed E-state index contributed by atoms with van der Waals surface area (Å²) in [6, 6.07) is 0.721. The van der Waals surface area contributed by atoms with Crippen molar-refractivity contribution >= 4 is 116 Å². The minimum atomic E-state index is -4.78. The lowest BCUT2D eigenvalue weighted by molar-refractivity contribution is -0.137. The van der Waals surface area contributed by atoms with Gasteiger partial charge >= 0.3 is 6.18 Å². The molecule has 0 saturated heterocycles. The van der Waals surface area contributed by atoms with Crippen LogP contribution in [-0.4, -0.2) is 4.98 Å². The van der Waals surface area contributed by atoms with Gasteiger partial charge in [0.25, 0.3) is 0 Å². The average Bonchev–Trinajstić information content (AvgIpc) is 2.73. The molecule has 1 heterocycles. The standard InChI is InChI=1S/C18H2Cl10F3N/c19-7-5(8(20)12(24)15(27)11(7)23)4-1-3(18(29,30)31)2-32-17(4)6-9(21)13(25)16(28)14(26)10(6)22/h1-2H. The third kappa shape index (κ3) is 4.58. The molecule has 0 aliphatic heterocycles. The summed E-state index contributed by atoms with van der Waals surface area (Å²) >= 11 is 61.7. The lowest BCUT2D eigenvalue weighted by Crippen LogP contribution is -2.07. The summed E-state index contributed by atoms with van der Waals surface area (Å²) in [6.45, 7) is 0. The number of hydrogen-bond donors (Lipinski definition) is 0. The molecule has 0 unspecified atom stereocenters. The minimum Gasteiger partial charge on any atom is -0.255 e. The summed E-state index contributed by atoms with van der Waals surface area (Å²) in [7, 11) is 0. The molecule has 170 valence electrons. The topological polar surface area (TPSA) is 12.9 Å². The highest BCUT2D eigenvalue weighted by Crippen LogP contribution is 2.54. The number of rotatable bonds is 2. The second kappa shape index (κ2) is 9.73. The molecule has 0 bridgehead atoms. The fourth-order valence-corrected chi connectivity index (χ4v) is 5.32. The molecule has 0 saturated carbocycles. The Kier molecular flexibility index (Phi) is 8.18. The van der Waals surface area contributed by atoms with Gasteiger partial charge in [0.15, 0.2) is 0 Å². The largest absolute Gasteiger partial charge is 0.417 e. The van der Waals surface area contributed by atoms with Crippen molar-refractivity contribution in [1.29, 1.82) is 0 Å². The van der Waals surface area contributed by atoms with Gasteiger partial charge in [-0.3, -0.25) is 4.98 Å². The molecule has 3 rings (SSSR count). The number of nitrogens with zero attached hydrogens (tertiary/aromatic N) is 1. The van der Waals surface area contributed by atoms with Crippen molar-refractivity contribution in [1.82, 2.24) is 4.98 Å². The van der Waals surface area contributed by atoms with Crippen molar-refractivity contribution < 1.29 is 13.2 Å². The van der Waals surface area contributed by atoms with E-state index >= 15 is 0 Å². The molecule has 2 aromatic carbocycles. The molecule has 0 atom stereocenters. The molecule has 1 aromatic heterocycles. The second-order valence-electron chi connectivity index (χ2n) is 6.01. The Morgan fingerprint density at radius 1 is 0.531 bits per heavy atom. The van der Waals surface area contributed by atoms with E-state index in [-0.39, 0.29) is 72.6 Å². The molecule has 0 aliphatic carbocycles. The van der Waals surface area contributed by atoms with Crippen LogP contribution in [0.3, 0.4) is 0 Å². The highest BCUT2D eigenvalue weighted by atomic mass is 35.5. The molecule has 32 heavy (non-hydrogen) atoms. The summed E-state index contributed by atoms with van der Waals surface area (Å²) in [4.78, 5) is 3.90. The van der Waals surface area contributed by atoms with Gasteiger partial charge in [-0.2, -0.15) is 13.2 Å². The first-order valence-corrected chi connectivity index (χ1v) is 11.6. The molecule has 1 nitrogen and oxygen atoms in total. The number of hydrogen-bond acceptors (Lipinski definition) is 1. The predicted octanol–water partition coefficient (Wildman–Crippen LogP) is 12.0. The Bertz CT molecular complexity index is 1220. The van der Waals surface area contributed by atoms with Crippen molar-refractivity contribution in [3.05, 3.63) is 68.1 Å². The zero-order chi connectivity index (χ0) is 24.3. The van der Waals surface area contributed by atoms with Gasteiger partial charge in [0.05, 0.1) is 61.5 Å². The van der Waals surface area contributed by atoms with Gasteiger partial charge in [0.1, 0.15) is 0 Å². The molecule has 0 radical (unpaired) electrons. The predicted molar refractivity (Wildman–Crippen MR) is 130 cm³/mol. The zero-order valence-corrected chi connectivity index (χ0v) is 22.1. The Labute approximate surface area is 229 Å². The smallest absolute Gasteiger partial charge is 0.255 e. The van der Waals surface area contributed by atoms with E-state index in [2.05, 4.69) is 4.98 Å². The number of aromatic nitrogens is 1. The van der Waals surface area contributed by atoms with E-state index in [9.17, 15) is 13.2 Å². The Morgan fingerprint density at radius 2 is 0.875 bits per heavy atom. The van der Waals surface area contributed by atoms with Gasteiger partial charge in [0.2, 0.25) is 0 Å². The molecule has 3 aromatic rings. The molecule has 0 fully saturated rings. The van der Waals surface area contributed by atoms with Gasteiger partial charge in [-0.25, -0.2) is 0 Å². The van der Waals surface area contributed by atoms with E-state index in [0.29, 0.717) is 6.20 Å². The average molecular weight is 644 g/mol. The van der Waals surface area contributed by atoms with Crippen LogP contribution < -0.4 is 0 Å². The molecule has 0 amide bonds. The number of pyridine rings is 1. The lowest BCUT2D eigenvalue weighted by Gasteiger charge is -2.19. The van der Waals surface area contributed by atoms with Crippen LogP contribution in [0.15, 0.2) is 12.3 Å². The van der Waals surface area contributed by atoms with Gasteiger partial charge in [0, 0.05) is 22.9 Å². The first-order chi connectivity index (χ1) is 14.7. The van der Waals surface area contributed by atoms with E-state index in [1.807, 2.05) is 0 Å². The molecule has 0 spiro atoms. The van der Waals surface area contributed by atoms with Crippen LogP contribution >= 0.6 is 116 Å². The minimum absolute atomic E-state index is 0.120. The summed E-state index contributed by atoms with van der Waals surface area (Å²) in [5.74, 6) is 0. The van der Waals surface area contributed by atoms with Crippen LogP contribution in [0.4, 0.5) is 13.2 Å². The van der Waals surface area contributed by atoms with E-state index in [1.165, 1.54) is 0 Å². The van der Waals surface area contributed by atoms with Crippen LogP contribution in [0.25, 0.3) is 22.4 Å². The fourth-order valence-electron chi connectivity index (χ4n) is 2.66. The Hall–Kier alpha value is 0.280. The third-order valence-corrected chi connectivity index (χ3v) is 8.69. The fraction of sp³-hybridized carbons (Fsp3) is 0.0556. The van der Waals surface area contributed by atoms with Crippen LogP contribution in [0.2, 0.25) is 50.2 Å². The maximum Gasteiger partial charge on any atom is 0.417 e. The van der Waals surface area contributed by atoms with Crippen molar-refractivity contribution in [2.45, 2.75) is 6.18 Å². The maximum atomic E-state index is 13.5. The van der Waals surface area contributed by atoms with Crippen LogP contribution in [0.1, 0.15) is 5.56 Å². The highest BCUT2D eigenvalue weighted by Gasteiger charge is 2.34. The molecule has 0 N–H and O–H groups in total. The summed E-state index contributed by atoms with van der Waals surface area (Å²) in [5.41, 5.74) is -1.93. The number of halogens is 13. The molecule has 14 heteroatoms. The second-order valence-corrected chi connectivity index (χ2v) is 9.79. The summed E-state index contributed by atoms with van der Waals surface area (Å²) in [6.07, 6.45) is -4.22. The summed E-state index contributed by atoms with van der Waals surface area (Å²) in [5, 5.41) is -2.26. The van der Waals surface area contributed by atoms with E-state index in [1.54, 1.807) is 0 Å². The quantitative estimate of drug-likeness (QED) is 0.200. The van der Waals surface area contributed by atoms with Gasteiger partial charge in [-0.15, -0.1) is 0 Å². The maximum absolute atomic E-state index is 13.5. The van der Waals surface area contributed by atoms with Crippen molar-refractivity contribution in [2.75, 3.05) is 0 Å². The number of benzene rings is 2. The van der Waals surface area contributed by atoms with Crippen LogP contribution in [-0.2, 0) is 6.18 Å². The Balaban J connectivity index is 2.55. The van der Waals surface area contributed by atoms with Gasteiger partial charge in [-0.05, 0) is 6.07 Å². The first-order valence-electron chi connectivity index (χ1n) is 7.80. The molecule has 0 aliphatic rings. The van der Waals surface area contributed by atoms with Gasteiger partial charge < -0.3 is 0 Å². The van der Waals surface area contributed by atoms with Crippen molar-refractivity contribution in [2.24, 2.45) is 0 Å².